The Bertz CT molecular complexity index is 1060. The van der Waals surface area contributed by atoms with E-state index >= 15 is 0 Å². The molecule has 2 rings (SSSR count). The Morgan fingerprint density at radius 1 is 0.970 bits per heavy atom. The van der Waals surface area contributed by atoms with Crippen LogP contribution >= 0.6 is 0 Å². The maximum Gasteiger partial charge on any atom is 0.304 e. The van der Waals surface area contributed by atoms with Gasteiger partial charge in [0, 0.05) is 26.7 Å². The van der Waals surface area contributed by atoms with Crippen LogP contribution in [0.3, 0.4) is 0 Å². The van der Waals surface area contributed by atoms with Crippen molar-refractivity contribution in [2.45, 2.75) is 46.3 Å². The molecule has 2 aromatic rings. The highest BCUT2D eigenvalue weighted by Crippen LogP contribution is 2.20. The molecule has 0 aliphatic rings. The van der Waals surface area contributed by atoms with Crippen molar-refractivity contribution in [2.24, 2.45) is 0 Å². The molecule has 0 heterocycles. The van der Waals surface area contributed by atoms with Crippen molar-refractivity contribution in [3.8, 4) is 0 Å². The predicted molar refractivity (Wildman–Crippen MR) is 131 cm³/mol. The summed E-state index contributed by atoms with van der Waals surface area (Å²) in [5.74, 6) is -0.773. The number of rotatable bonds is 10. The third-order valence-electron chi connectivity index (χ3n) is 5.10. The van der Waals surface area contributed by atoms with Crippen LogP contribution in [0.25, 0.3) is 0 Å². The van der Waals surface area contributed by atoms with Gasteiger partial charge in [0.2, 0.25) is 11.8 Å². The van der Waals surface area contributed by atoms with Crippen molar-refractivity contribution in [1.29, 1.82) is 0 Å². The zero-order chi connectivity index (χ0) is 24.8. The van der Waals surface area contributed by atoms with Crippen LogP contribution in [0.2, 0.25) is 0 Å². The molecular weight excluding hydrogens is 440 g/mol. The van der Waals surface area contributed by atoms with Crippen molar-refractivity contribution in [3.63, 3.8) is 0 Å². The number of carbonyl (C=O) groups excluding carboxylic acids is 2. The molecule has 1 N–H and O–H groups in total. The first kappa shape index (κ1) is 26.3. The van der Waals surface area contributed by atoms with Gasteiger partial charge in [0.15, 0.2) is 0 Å². The Kier molecular flexibility index (Phi) is 9.01. The Balaban J connectivity index is 2.43. The smallest absolute Gasteiger partial charge is 0.304 e. The van der Waals surface area contributed by atoms with Crippen LogP contribution in [-0.2, 0) is 26.3 Å². The number of anilines is 1. The van der Waals surface area contributed by atoms with Crippen molar-refractivity contribution in [3.05, 3.63) is 65.7 Å². The topological polar surface area (TPSA) is 90.0 Å². The highest BCUT2D eigenvalue weighted by molar-refractivity contribution is 7.90. The second kappa shape index (κ2) is 11.3. The highest BCUT2D eigenvalue weighted by atomic mass is 32.2. The van der Waals surface area contributed by atoms with E-state index in [2.05, 4.69) is 5.32 Å². The zero-order valence-corrected chi connectivity index (χ0v) is 21.0. The molecule has 8 nitrogen and oxygen atoms in total. The van der Waals surface area contributed by atoms with E-state index in [1.54, 1.807) is 37.3 Å². The maximum atomic E-state index is 13.5. The number of aryl methyl sites for hydroxylation is 1. The molecule has 0 saturated heterocycles. The van der Waals surface area contributed by atoms with E-state index in [4.69, 9.17) is 0 Å². The van der Waals surface area contributed by atoms with E-state index < -0.39 is 28.7 Å². The normalized spacial score (nSPS) is 12.5. The van der Waals surface area contributed by atoms with Gasteiger partial charge in [-0.05, 0) is 45.4 Å². The molecule has 0 aromatic heterocycles. The van der Waals surface area contributed by atoms with Crippen LogP contribution in [0, 0.1) is 6.92 Å². The average Bonchev–Trinajstić information content (AvgIpc) is 2.75. The number of amides is 2. The van der Waals surface area contributed by atoms with Crippen molar-refractivity contribution in [1.82, 2.24) is 14.5 Å². The third-order valence-corrected chi connectivity index (χ3v) is 6.92. The first-order valence-corrected chi connectivity index (χ1v) is 12.2. The third kappa shape index (κ3) is 7.03. The van der Waals surface area contributed by atoms with E-state index in [9.17, 15) is 18.0 Å². The van der Waals surface area contributed by atoms with Crippen molar-refractivity contribution < 1.29 is 18.0 Å². The van der Waals surface area contributed by atoms with Crippen LogP contribution in [0.15, 0.2) is 54.6 Å². The molecule has 2 amide bonds. The van der Waals surface area contributed by atoms with E-state index in [1.165, 1.54) is 19.0 Å². The summed E-state index contributed by atoms with van der Waals surface area (Å²) in [7, 11) is -1.12. The highest BCUT2D eigenvalue weighted by Gasteiger charge is 2.32. The van der Waals surface area contributed by atoms with Gasteiger partial charge in [0.05, 0.1) is 5.69 Å². The lowest BCUT2D eigenvalue weighted by atomic mass is 10.1. The molecule has 1 atom stereocenters. The number of nitrogens with one attached hydrogen (secondary N) is 1. The lowest BCUT2D eigenvalue weighted by molar-refractivity contribution is -0.139. The molecule has 9 heteroatoms. The second-order valence-corrected chi connectivity index (χ2v) is 10.5. The quantitative estimate of drug-likeness (QED) is 0.573. The number of hydrogen-bond acceptors (Lipinski definition) is 4. The van der Waals surface area contributed by atoms with Crippen LogP contribution in [-0.4, -0.2) is 62.2 Å². The Morgan fingerprint density at radius 2 is 1.61 bits per heavy atom. The molecule has 0 saturated carbocycles. The SMILES string of the molecule is Cc1cccc(CN(C(=O)CN(c2ccccc2)S(=O)(=O)N(C)C)C(C)C(=O)NC(C)C)c1. The Morgan fingerprint density at radius 3 is 2.15 bits per heavy atom. The number of benzene rings is 2. The Labute approximate surface area is 197 Å². The van der Waals surface area contributed by atoms with Gasteiger partial charge in [-0.25, -0.2) is 4.31 Å². The summed E-state index contributed by atoms with van der Waals surface area (Å²) in [4.78, 5) is 27.7. The molecule has 33 heavy (non-hydrogen) atoms. The second-order valence-electron chi connectivity index (χ2n) is 8.48. The summed E-state index contributed by atoms with van der Waals surface area (Å²) in [6.07, 6.45) is 0. The van der Waals surface area contributed by atoms with Crippen LogP contribution in [0.4, 0.5) is 5.69 Å². The van der Waals surface area contributed by atoms with Crippen molar-refractivity contribution in [2.75, 3.05) is 24.9 Å². The van der Waals surface area contributed by atoms with Gasteiger partial charge >= 0.3 is 10.2 Å². The summed E-state index contributed by atoms with van der Waals surface area (Å²) < 4.78 is 28.2. The van der Waals surface area contributed by atoms with E-state index in [-0.39, 0.29) is 18.5 Å². The van der Waals surface area contributed by atoms with Crippen LogP contribution < -0.4 is 9.62 Å². The fourth-order valence-corrected chi connectivity index (χ4v) is 4.36. The molecular formula is C24H34N4O4S. The van der Waals surface area contributed by atoms with Gasteiger partial charge in [-0.15, -0.1) is 0 Å². The largest absolute Gasteiger partial charge is 0.352 e. The standard InChI is InChI=1S/C24H34N4O4S/c1-18(2)25-24(30)20(4)27(16-21-12-10-11-19(3)15-21)23(29)17-28(33(31,32)26(5)6)22-13-8-7-9-14-22/h7-15,18,20H,16-17H2,1-6H3,(H,25,30). The van der Waals surface area contributed by atoms with Crippen LogP contribution in [0.5, 0.6) is 0 Å². The van der Waals surface area contributed by atoms with E-state index in [0.29, 0.717) is 5.69 Å². The first-order valence-electron chi connectivity index (χ1n) is 10.8. The Hall–Kier alpha value is -2.91. The van der Waals surface area contributed by atoms with E-state index in [0.717, 1.165) is 19.7 Å². The van der Waals surface area contributed by atoms with Gasteiger partial charge in [-0.2, -0.15) is 12.7 Å². The van der Waals surface area contributed by atoms with Crippen LogP contribution in [0.1, 0.15) is 31.9 Å². The van der Waals surface area contributed by atoms with Crippen molar-refractivity contribution >= 4 is 27.7 Å². The lowest BCUT2D eigenvalue weighted by Gasteiger charge is -2.33. The fourth-order valence-electron chi connectivity index (χ4n) is 3.31. The summed E-state index contributed by atoms with van der Waals surface area (Å²) in [6.45, 7) is 7.04. The first-order chi connectivity index (χ1) is 15.4. The molecule has 0 bridgehead atoms. The average molecular weight is 475 g/mol. The molecule has 2 aromatic carbocycles. The monoisotopic (exact) mass is 474 g/mol. The molecule has 0 aliphatic heterocycles. The fraction of sp³-hybridized carbons (Fsp3) is 0.417. The molecule has 0 spiro atoms. The number of para-hydroxylation sites is 1. The molecule has 0 radical (unpaired) electrons. The summed E-state index contributed by atoms with van der Waals surface area (Å²) >= 11 is 0. The number of nitrogens with zero attached hydrogens (tertiary/aromatic N) is 3. The zero-order valence-electron chi connectivity index (χ0n) is 20.1. The minimum atomic E-state index is -3.95. The van der Waals surface area contributed by atoms with E-state index in [1.807, 2.05) is 45.0 Å². The molecule has 0 fully saturated rings. The van der Waals surface area contributed by atoms with Gasteiger partial charge in [-0.3, -0.25) is 9.59 Å². The minimum absolute atomic E-state index is 0.0918. The van der Waals surface area contributed by atoms with Gasteiger partial charge < -0.3 is 10.2 Å². The summed E-state index contributed by atoms with van der Waals surface area (Å²) in [5, 5.41) is 2.84. The summed E-state index contributed by atoms with van der Waals surface area (Å²) in [5.41, 5.74) is 2.25. The van der Waals surface area contributed by atoms with Gasteiger partial charge in [0.25, 0.3) is 0 Å². The number of hydrogen-bond donors (Lipinski definition) is 1. The number of carbonyl (C=O) groups is 2. The van der Waals surface area contributed by atoms with Gasteiger partial charge in [-0.1, -0.05) is 48.0 Å². The molecule has 180 valence electrons. The predicted octanol–water partition coefficient (Wildman–Crippen LogP) is 2.55. The maximum absolute atomic E-state index is 13.5. The molecule has 0 aliphatic carbocycles. The lowest BCUT2D eigenvalue weighted by Crippen LogP contribution is -2.53. The minimum Gasteiger partial charge on any atom is -0.352 e. The molecule has 1 unspecified atom stereocenters. The summed E-state index contributed by atoms with van der Waals surface area (Å²) in [6, 6.07) is 15.2. The van der Waals surface area contributed by atoms with Gasteiger partial charge in [0.1, 0.15) is 12.6 Å².